The van der Waals surface area contributed by atoms with Crippen LogP contribution in [0.5, 0.6) is 0 Å². The number of hydrogen-bond acceptors (Lipinski definition) is 1. The van der Waals surface area contributed by atoms with E-state index < -0.39 is 12.6 Å². The van der Waals surface area contributed by atoms with Gasteiger partial charge in [-0.2, -0.15) is 13.2 Å². The van der Waals surface area contributed by atoms with Crippen LogP contribution in [0.4, 0.5) is 13.2 Å². The zero-order chi connectivity index (χ0) is 12.9. The first kappa shape index (κ1) is 14.3. The van der Waals surface area contributed by atoms with Crippen molar-refractivity contribution >= 4 is 11.6 Å². The fourth-order valence-electron chi connectivity index (χ4n) is 1.39. The second kappa shape index (κ2) is 6.26. The van der Waals surface area contributed by atoms with Gasteiger partial charge in [-0.25, -0.2) is 0 Å². The third kappa shape index (κ3) is 5.94. The first-order chi connectivity index (χ1) is 7.88. The number of aryl methyl sites for hydroxylation is 1. The van der Waals surface area contributed by atoms with Crippen LogP contribution in [0, 0.1) is 6.92 Å². The molecule has 0 saturated carbocycles. The Balaban J connectivity index is 2.25. The molecule has 0 bridgehead atoms. The van der Waals surface area contributed by atoms with E-state index in [1.165, 1.54) is 0 Å². The Morgan fingerprint density at radius 1 is 1.29 bits per heavy atom. The van der Waals surface area contributed by atoms with Crippen molar-refractivity contribution in [3.8, 4) is 0 Å². The monoisotopic (exact) mass is 265 g/mol. The number of nitrogens with one attached hydrogen (secondary N) is 1. The highest BCUT2D eigenvalue weighted by atomic mass is 35.5. The summed E-state index contributed by atoms with van der Waals surface area (Å²) in [5.74, 6) is 0. The topological polar surface area (TPSA) is 12.0 Å². The molecule has 1 aromatic rings. The van der Waals surface area contributed by atoms with Crippen molar-refractivity contribution in [2.24, 2.45) is 0 Å². The maximum absolute atomic E-state index is 11.9. The van der Waals surface area contributed by atoms with Crippen molar-refractivity contribution in [2.75, 3.05) is 6.54 Å². The van der Waals surface area contributed by atoms with E-state index in [9.17, 15) is 13.2 Å². The van der Waals surface area contributed by atoms with Crippen molar-refractivity contribution in [1.29, 1.82) is 0 Å². The average molecular weight is 266 g/mol. The average Bonchev–Trinajstić information content (AvgIpc) is 2.21. The highest BCUT2D eigenvalue weighted by Gasteiger charge is 2.25. The molecule has 96 valence electrons. The van der Waals surface area contributed by atoms with Gasteiger partial charge in [-0.05, 0) is 37.1 Å². The van der Waals surface area contributed by atoms with Gasteiger partial charge in [0.25, 0.3) is 0 Å². The second-order valence-electron chi connectivity index (χ2n) is 3.98. The largest absolute Gasteiger partial charge is 0.389 e. The summed E-state index contributed by atoms with van der Waals surface area (Å²) in [7, 11) is 0. The van der Waals surface area contributed by atoms with E-state index >= 15 is 0 Å². The van der Waals surface area contributed by atoms with E-state index in [1.807, 2.05) is 25.1 Å². The lowest BCUT2D eigenvalue weighted by Gasteiger charge is -2.08. The molecule has 0 atom stereocenters. The molecule has 1 N–H and O–H groups in total. The molecule has 1 aromatic carbocycles. The molecule has 0 fully saturated rings. The third-order valence-corrected chi connectivity index (χ3v) is 2.79. The lowest BCUT2D eigenvalue weighted by atomic mass is 10.1. The number of alkyl halides is 3. The molecule has 0 amide bonds. The predicted octanol–water partition coefficient (Wildman–Crippen LogP) is 4.08. The van der Waals surface area contributed by atoms with Crippen molar-refractivity contribution in [3.05, 3.63) is 34.3 Å². The minimum absolute atomic E-state index is 0.100. The van der Waals surface area contributed by atoms with Gasteiger partial charge in [-0.3, -0.25) is 0 Å². The van der Waals surface area contributed by atoms with Gasteiger partial charge >= 0.3 is 6.18 Å². The Morgan fingerprint density at radius 3 is 2.59 bits per heavy atom. The fraction of sp³-hybridized carbons (Fsp3) is 0.500. The molecule has 1 nitrogen and oxygen atoms in total. The molecule has 0 aliphatic carbocycles. The van der Waals surface area contributed by atoms with Gasteiger partial charge in [-0.1, -0.05) is 23.7 Å². The standard InChI is InChI=1S/C12H15ClF3N/c1-9-3-4-10(7-11(9)13)8-17-6-2-5-12(14,15)16/h3-4,7,17H,2,5-6,8H2,1H3. The predicted molar refractivity (Wildman–Crippen MR) is 63.2 cm³/mol. The molecule has 1 rings (SSSR count). The summed E-state index contributed by atoms with van der Waals surface area (Å²) in [4.78, 5) is 0. The number of benzene rings is 1. The van der Waals surface area contributed by atoms with E-state index in [0.29, 0.717) is 18.1 Å². The van der Waals surface area contributed by atoms with Crippen LogP contribution in [0.2, 0.25) is 5.02 Å². The van der Waals surface area contributed by atoms with E-state index in [0.717, 1.165) is 11.1 Å². The van der Waals surface area contributed by atoms with Crippen LogP contribution in [0.1, 0.15) is 24.0 Å². The number of halogens is 4. The van der Waals surface area contributed by atoms with Gasteiger partial charge in [0.15, 0.2) is 0 Å². The minimum atomic E-state index is -4.06. The van der Waals surface area contributed by atoms with E-state index in [2.05, 4.69) is 5.32 Å². The quantitative estimate of drug-likeness (QED) is 0.791. The summed E-state index contributed by atoms with van der Waals surface area (Å²) >= 11 is 5.94. The molecule has 0 aliphatic heterocycles. The lowest BCUT2D eigenvalue weighted by Crippen LogP contribution is -2.17. The first-order valence-electron chi connectivity index (χ1n) is 5.41. The van der Waals surface area contributed by atoms with E-state index in [-0.39, 0.29) is 6.42 Å². The molecular formula is C12H15ClF3N. The Hall–Kier alpha value is -0.740. The maximum atomic E-state index is 11.9. The van der Waals surface area contributed by atoms with Gasteiger partial charge in [0.1, 0.15) is 0 Å². The maximum Gasteiger partial charge on any atom is 0.389 e. The highest BCUT2D eigenvalue weighted by Crippen LogP contribution is 2.20. The Kier molecular flexibility index (Phi) is 5.28. The summed E-state index contributed by atoms with van der Waals surface area (Å²) in [6.07, 6.45) is -4.70. The van der Waals surface area contributed by atoms with Gasteiger partial charge in [-0.15, -0.1) is 0 Å². The van der Waals surface area contributed by atoms with Crippen LogP contribution in [0.25, 0.3) is 0 Å². The molecule has 0 saturated heterocycles. The Labute approximate surface area is 104 Å². The van der Waals surface area contributed by atoms with Crippen molar-refractivity contribution in [3.63, 3.8) is 0 Å². The molecule has 5 heteroatoms. The molecule has 0 aliphatic rings. The van der Waals surface area contributed by atoms with Crippen LogP contribution in [-0.2, 0) is 6.54 Å². The van der Waals surface area contributed by atoms with E-state index in [1.54, 1.807) is 0 Å². The summed E-state index contributed by atoms with van der Waals surface area (Å²) in [6, 6.07) is 5.64. The summed E-state index contributed by atoms with van der Waals surface area (Å²) in [5, 5.41) is 3.64. The summed E-state index contributed by atoms with van der Waals surface area (Å²) in [5.41, 5.74) is 1.97. The van der Waals surface area contributed by atoms with Gasteiger partial charge in [0.05, 0.1) is 0 Å². The van der Waals surface area contributed by atoms with Crippen molar-refractivity contribution in [1.82, 2.24) is 5.32 Å². The SMILES string of the molecule is Cc1ccc(CNCCCC(F)(F)F)cc1Cl. The first-order valence-corrected chi connectivity index (χ1v) is 5.79. The van der Waals surface area contributed by atoms with Crippen molar-refractivity contribution < 1.29 is 13.2 Å². The van der Waals surface area contributed by atoms with Gasteiger partial charge < -0.3 is 5.32 Å². The van der Waals surface area contributed by atoms with E-state index in [4.69, 9.17) is 11.6 Å². The smallest absolute Gasteiger partial charge is 0.313 e. The fourth-order valence-corrected chi connectivity index (χ4v) is 1.60. The molecule has 17 heavy (non-hydrogen) atoms. The van der Waals surface area contributed by atoms with Gasteiger partial charge in [0.2, 0.25) is 0 Å². The summed E-state index contributed by atoms with van der Waals surface area (Å²) in [6.45, 7) is 2.80. The normalized spacial score (nSPS) is 11.8. The molecule has 0 spiro atoms. The van der Waals surface area contributed by atoms with Crippen LogP contribution in [0.15, 0.2) is 18.2 Å². The van der Waals surface area contributed by atoms with Crippen LogP contribution < -0.4 is 5.32 Å². The van der Waals surface area contributed by atoms with Crippen LogP contribution in [0.3, 0.4) is 0 Å². The van der Waals surface area contributed by atoms with Gasteiger partial charge in [0, 0.05) is 18.0 Å². The molecule has 0 aromatic heterocycles. The van der Waals surface area contributed by atoms with Crippen LogP contribution in [-0.4, -0.2) is 12.7 Å². The minimum Gasteiger partial charge on any atom is -0.313 e. The zero-order valence-corrected chi connectivity index (χ0v) is 10.3. The second-order valence-corrected chi connectivity index (χ2v) is 4.39. The number of hydrogen-bond donors (Lipinski definition) is 1. The number of rotatable bonds is 5. The highest BCUT2D eigenvalue weighted by molar-refractivity contribution is 6.31. The molecule has 0 unspecified atom stereocenters. The molecule has 0 heterocycles. The van der Waals surface area contributed by atoms with Crippen LogP contribution >= 0.6 is 11.6 Å². The Morgan fingerprint density at radius 2 is 2.00 bits per heavy atom. The molecular weight excluding hydrogens is 251 g/mol. The summed E-state index contributed by atoms with van der Waals surface area (Å²) < 4.78 is 35.6. The Bertz CT molecular complexity index is 363. The van der Waals surface area contributed by atoms with Crippen molar-refractivity contribution in [2.45, 2.75) is 32.5 Å². The molecule has 0 radical (unpaired) electrons. The lowest BCUT2D eigenvalue weighted by molar-refractivity contribution is -0.135. The zero-order valence-electron chi connectivity index (χ0n) is 9.57. The third-order valence-electron chi connectivity index (χ3n) is 2.38.